The van der Waals surface area contributed by atoms with Gasteiger partial charge in [0.2, 0.25) is 0 Å². The predicted molar refractivity (Wildman–Crippen MR) is 76.3 cm³/mol. The Morgan fingerprint density at radius 1 is 1.37 bits per heavy atom. The van der Waals surface area contributed by atoms with E-state index in [1.54, 1.807) is 4.68 Å². The number of nitrogens with one attached hydrogen (secondary N) is 1. The van der Waals surface area contributed by atoms with Crippen LogP contribution in [0.4, 0.5) is 0 Å². The van der Waals surface area contributed by atoms with Crippen LogP contribution in [0, 0.1) is 6.92 Å². The topological polar surface area (TPSA) is 47.7 Å². The number of aromatic nitrogens is 4. The molecular formula is C13H20ClN5. The number of rotatable bonds is 5. The molecule has 0 saturated heterocycles. The summed E-state index contributed by atoms with van der Waals surface area (Å²) >= 11 is 6.22. The van der Waals surface area contributed by atoms with Crippen LogP contribution in [0.1, 0.15) is 30.8 Å². The molecule has 0 bridgehead atoms. The van der Waals surface area contributed by atoms with Crippen LogP contribution >= 0.6 is 11.6 Å². The zero-order valence-corrected chi connectivity index (χ0v) is 12.6. The van der Waals surface area contributed by atoms with Crippen LogP contribution in [0.15, 0.2) is 12.3 Å². The first kappa shape index (κ1) is 14.1. The van der Waals surface area contributed by atoms with Crippen molar-refractivity contribution in [2.24, 2.45) is 7.05 Å². The molecule has 0 saturated carbocycles. The third-order valence-electron chi connectivity index (χ3n) is 2.98. The molecule has 0 radical (unpaired) electrons. The van der Waals surface area contributed by atoms with E-state index >= 15 is 0 Å². The summed E-state index contributed by atoms with van der Waals surface area (Å²) in [5.74, 6) is 0. The Bertz CT molecular complexity index is 555. The average molecular weight is 282 g/mol. The van der Waals surface area contributed by atoms with Crippen LogP contribution in [0.3, 0.4) is 0 Å². The Morgan fingerprint density at radius 3 is 2.68 bits per heavy atom. The fourth-order valence-electron chi connectivity index (χ4n) is 1.91. The molecule has 5 nitrogen and oxygen atoms in total. The van der Waals surface area contributed by atoms with Gasteiger partial charge in [-0.3, -0.25) is 9.36 Å². The van der Waals surface area contributed by atoms with Gasteiger partial charge in [0.1, 0.15) is 5.15 Å². The molecule has 0 aliphatic heterocycles. The van der Waals surface area contributed by atoms with Gasteiger partial charge < -0.3 is 5.32 Å². The molecule has 19 heavy (non-hydrogen) atoms. The van der Waals surface area contributed by atoms with Crippen molar-refractivity contribution >= 4 is 11.6 Å². The Balaban J connectivity index is 2.07. The molecule has 2 aromatic heterocycles. The lowest BCUT2D eigenvalue weighted by molar-refractivity contribution is 0.570. The van der Waals surface area contributed by atoms with Crippen molar-refractivity contribution in [2.75, 3.05) is 0 Å². The zero-order valence-electron chi connectivity index (χ0n) is 11.8. The lowest BCUT2D eigenvalue weighted by Gasteiger charge is -2.05. The van der Waals surface area contributed by atoms with Gasteiger partial charge in [-0.15, -0.1) is 0 Å². The van der Waals surface area contributed by atoms with Gasteiger partial charge >= 0.3 is 0 Å². The summed E-state index contributed by atoms with van der Waals surface area (Å²) in [7, 11) is 1.85. The van der Waals surface area contributed by atoms with Crippen molar-refractivity contribution in [3.05, 3.63) is 34.4 Å². The third kappa shape index (κ3) is 3.36. The van der Waals surface area contributed by atoms with Crippen LogP contribution in [-0.2, 0) is 20.1 Å². The minimum absolute atomic E-state index is 0.458. The van der Waals surface area contributed by atoms with Gasteiger partial charge in [0.15, 0.2) is 0 Å². The van der Waals surface area contributed by atoms with Gasteiger partial charge in [-0.2, -0.15) is 10.2 Å². The number of nitrogens with zero attached hydrogens (tertiary/aromatic N) is 4. The predicted octanol–water partition coefficient (Wildman–Crippen LogP) is 2.12. The van der Waals surface area contributed by atoms with Crippen LogP contribution in [-0.4, -0.2) is 25.6 Å². The lowest BCUT2D eigenvalue weighted by atomic mass is 10.3. The number of aryl methyl sites for hydroxylation is 2. The standard InChI is InChI=1S/C13H20ClN5/c1-9(2)15-7-11-5-6-19(17-11)8-12-10(3)16-18(4)13(12)14/h5-6,9,15H,7-8H2,1-4H3. The third-order valence-corrected chi connectivity index (χ3v) is 3.45. The Labute approximate surface area is 118 Å². The molecule has 0 amide bonds. The van der Waals surface area contributed by atoms with E-state index in [1.807, 2.05) is 30.9 Å². The Hall–Kier alpha value is -1.33. The molecule has 104 valence electrons. The summed E-state index contributed by atoms with van der Waals surface area (Å²) in [5, 5.41) is 12.9. The van der Waals surface area contributed by atoms with Crippen LogP contribution < -0.4 is 5.32 Å². The van der Waals surface area contributed by atoms with Gasteiger partial charge in [-0.1, -0.05) is 25.4 Å². The van der Waals surface area contributed by atoms with Crippen molar-refractivity contribution < 1.29 is 0 Å². The molecule has 2 heterocycles. The van der Waals surface area contributed by atoms with Gasteiger partial charge in [-0.25, -0.2) is 0 Å². The maximum Gasteiger partial charge on any atom is 0.132 e. The normalized spacial score (nSPS) is 11.5. The molecule has 0 aliphatic rings. The first-order valence-corrected chi connectivity index (χ1v) is 6.79. The maximum atomic E-state index is 6.22. The van der Waals surface area contributed by atoms with E-state index in [0.29, 0.717) is 17.7 Å². The quantitative estimate of drug-likeness (QED) is 0.913. The Morgan fingerprint density at radius 2 is 2.11 bits per heavy atom. The largest absolute Gasteiger partial charge is 0.309 e. The van der Waals surface area contributed by atoms with E-state index in [2.05, 4.69) is 29.4 Å². The molecule has 0 atom stereocenters. The van der Waals surface area contributed by atoms with Crippen LogP contribution in [0.25, 0.3) is 0 Å². The van der Waals surface area contributed by atoms with Crippen LogP contribution in [0.2, 0.25) is 5.15 Å². The molecule has 2 rings (SSSR count). The summed E-state index contributed by atoms with van der Waals surface area (Å²) in [6.45, 7) is 7.64. The van der Waals surface area contributed by atoms with Gasteiger partial charge in [0.05, 0.1) is 17.9 Å². The number of hydrogen-bond acceptors (Lipinski definition) is 3. The lowest BCUT2D eigenvalue weighted by Crippen LogP contribution is -2.22. The summed E-state index contributed by atoms with van der Waals surface area (Å²) in [6.07, 6.45) is 1.97. The first-order valence-electron chi connectivity index (χ1n) is 6.41. The monoisotopic (exact) mass is 281 g/mol. The van der Waals surface area contributed by atoms with E-state index in [4.69, 9.17) is 11.6 Å². The van der Waals surface area contributed by atoms with Gasteiger partial charge in [0.25, 0.3) is 0 Å². The molecule has 1 N–H and O–H groups in total. The fourth-order valence-corrected chi connectivity index (χ4v) is 2.14. The molecule has 0 aromatic carbocycles. The second kappa shape index (κ2) is 5.75. The molecule has 0 unspecified atom stereocenters. The smallest absolute Gasteiger partial charge is 0.132 e. The average Bonchev–Trinajstić information content (AvgIpc) is 2.88. The summed E-state index contributed by atoms with van der Waals surface area (Å²) in [6, 6.07) is 2.48. The minimum Gasteiger partial charge on any atom is -0.309 e. The second-order valence-corrected chi connectivity index (χ2v) is 5.38. The highest BCUT2D eigenvalue weighted by atomic mass is 35.5. The Kier molecular flexibility index (Phi) is 4.27. The van der Waals surface area contributed by atoms with Crippen molar-refractivity contribution in [2.45, 2.75) is 39.9 Å². The summed E-state index contributed by atoms with van der Waals surface area (Å²) in [5.41, 5.74) is 3.01. The summed E-state index contributed by atoms with van der Waals surface area (Å²) < 4.78 is 3.59. The van der Waals surface area contributed by atoms with Crippen molar-refractivity contribution in [3.63, 3.8) is 0 Å². The minimum atomic E-state index is 0.458. The van der Waals surface area contributed by atoms with E-state index in [0.717, 1.165) is 23.5 Å². The number of hydrogen-bond donors (Lipinski definition) is 1. The van der Waals surface area contributed by atoms with Gasteiger partial charge in [0, 0.05) is 31.4 Å². The van der Waals surface area contributed by atoms with Crippen molar-refractivity contribution in [1.29, 1.82) is 0 Å². The second-order valence-electron chi connectivity index (χ2n) is 5.02. The van der Waals surface area contributed by atoms with E-state index < -0.39 is 0 Å². The highest BCUT2D eigenvalue weighted by Gasteiger charge is 2.12. The zero-order chi connectivity index (χ0) is 14.0. The van der Waals surface area contributed by atoms with Crippen molar-refractivity contribution in [1.82, 2.24) is 24.9 Å². The van der Waals surface area contributed by atoms with Crippen LogP contribution in [0.5, 0.6) is 0 Å². The van der Waals surface area contributed by atoms with E-state index in [9.17, 15) is 0 Å². The molecule has 2 aromatic rings. The van der Waals surface area contributed by atoms with Crippen molar-refractivity contribution in [3.8, 4) is 0 Å². The SMILES string of the molecule is Cc1nn(C)c(Cl)c1Cn1ccc(CNC(C)C)n1. The highest BCUT2D eigenvalue weighted by Crippen LogP contribution is 2.19. The summed E-state index contributed by atoms with van der Waals surface area (Å²) in [4.78, 5) is 0. The van der Waals surface area contributed by atoms with Gasteiger partial charge in [-0.05, 0) is 13.0 Å². The van der Waals surface area contributed by atoms with E-state index in [-0.39, 0.29) is 0 Å². The molecule has 0 aliphatic carbocycles. The number of halogens is 1. The molecule has 0 spiro atoms. The van der Waals surface area contributed by atoms with E-state index in [1.165, 1.54) is 0 Å². The molecule has 0 fully saturated rings. The molecule has 6 heteroatoms. The maximum absolute atomic E-state index is 6.22. The highest BCUT2D eigenvalue weighted by molar-refractivity contribution is 6.30. The molecular weight excluding hydrogens is 262 g/mol. The fraction of sp³-hybridized carbons (Fsp3) is 0.538. The first-order chi connectivity index (χ1) is 8.97.